The molecule has 110 valence electrons. The van der Waals surface area contributed by atoms with E-state index in [0.29, 0.717) is 0 Å². The molecule has 0 spiro atoms. The van der Waals surface area contributed by atoms with E-state index in [0.717, 1.165) is 5.69 Å². The second-order valence-electron chi connectivity index (χ2n) is 4.74. The number of amides is 1. The summed E-state index contributed by atoms with van der Waals surface area (Å²) in [6, 6.07) is 8.68. The summed E-state index contributed by atoms with van der Waals surface area (Å²) in [5.41, 5.74) is 0.881. The van der Waals surface area contributed by atoms with Crippen molar-refractivity contribution in [2.24, 2.45) is 5.92 Å². The van der Waals surface area contributed by atoms with E-state index in [9.17, 15) is 9.59 Å². The van der Waals surface area contributed by atoms with E-state index in [1.54, 1.807) is 6.92 Å². The standard InChI is InChI=1S/C14H16N4O3/c1-9(14(20)21)10(2)16-13(19)12-8-15-18(17-12)11-6-4-3-5-7-11/h3-10H,1-2H3,(H,16,19)(H,20,21). The van der Waals surface area contributed by atoms with Crippen molar-refractivity contribution in [3.8, 4) is 5.69 Å². The van der Waals surface area contributed by atoms with Crippen LogP contribution in [-0.2, 0) is 4.79 Å². The van der Waals surface area contributed by atoms with Gasteiger partial charge in [0, 0.05) is 6.04 Å². The number of aromatic nitrogens is 3. The molecule has 1 amide bonds. The molecule has 0 fully saturated rings. The molecule has 7 nitrogen and oxygen atoms in total. The van der Waals surface area contributed by atoms with Crippen LogP contribution in [0.25, 0.3) is 5.69 Å². The Labute approximate surface area is 121 Å². The first-order valence-corrected chi connectivity index (χ1v) is 6.50. The van der Waals surface area contributed by atoms with Crippen LogP contribution >= 0.6 is 0 Å². The molecular formula is C14H16N4O3. The highest BCUT2D eigenvalue weighted by atomic mass is 16.4. The number of para-hydroxylation sites is 1. The van der Waals surface area contributed by atoms with Gasteiger partial charge in [0.25, 0.3) is 5.91 Å². The first-order valence-electron chi connectivity index (χ1n) is 6.50. The zero-order valence-corrected chi connectivity index (χ0v) is 11.7. The zero-order valence-electron chi connectivity index (χ0n) is 11.7. The summed E-state index contributed by atoms with van der Waals surface area (Å²) in [5, 5.41) is 19.6. The van der Waals surface area contributed by atoms with Gasteiger partial charge in [0.2, 0.25) is 0 Å². The van der Waals surface area contributed by atoms with E-state index in [2.05, 4.69) is 15.5 Å². The van der Waals surface area contributed by atoms with E-state index in [1.807, 2.05) is 30.3 Å². The van der Waals surface area contributed by atoms with Crippen LogP contribution < -0.4 is 5.32 Å². The summed E-state index contributed by atoms with van der Waals surface area (Å²) < 4.78 is 0. The number of rotatable bonds is 5. The van der Waals surface area contributed by atoms with Crippen LogP contribution in [0.5, 0.6) is 0 Å². The van der Waals surface area contributed by atoms with Gasteiger partial charge < -0.3 is 10.4 Å². The van der Waals surface area contributed by atoms with Crippen LogP contribution in [-0.4, -0.2) is 38.0 Å². The molecule has 21 heavy (non-hydrogen) atoms. The van der Waals surface area contributed by atoms with E-state index >= 15 is 0 Å². The molecule has 0 radical (unpaired) electrons. The zero-order chi connectivity index (χ0) is 15.4. The number of carbonyl (C=O) groups is 2. The molecule has 0 saturated heterocycles. The van der Waals surface area contributed by atoms with Gasteiger partial charge in [-0.25, -0.2) is 0 Å². The molecule has 0 aliphatic carbocycles. The van der Waals surface area contributed by atoms with E-state index < -0.39 is 23.8 Å². The molecule has 0 bridgehead atoms. The Hall–Kier alpha value is -2.70. The number of aliphatic carboxylic acids is 1. The number of carboxylic acid groups (broad SMARTS) is 1. The first-order chi connectivity index (χ1) is 9.99. The minimum Gasteiger partial charge on any atom is -0.481 e. The van der Waals surface area contributed by atoms with Crippen LogP contribution in [0.2, 0.25) is 0 Å². The molecule has 2 unspecified atom stereocenters. The molecule has 2 rings (SSSR count). The second-order valence-corrected chi connectivity index (χ2v) is 4.74. The fourth-order valence-electron chi connectivity index (χ4n) is 1.67. The maximum atomic E-state index is 12.0. The highest BCUT2D eigenvalue weighted by Crippen LogP contribution is 2.06. The van der Waals surface area contributed by atoms with Gasteiger partial charge in [-0.05, 0) is 26.0 Å². The minimum absolute atomic E-state index is 0.142. The highest BCUT2D eigenvalue weighted by Gasteiger charge is 2.22. The Morgan fingerprint density at radius 2 is 1.90 bits per heavy atom. The van der Waals surface area contributed by atoms with Crippen LogP contribution in [0.15, 0.2) is 36.5 Å². The number of nitrogens with one attached hydrogen (secondary N) is 1. The smallest absolute Gasteiger partial charge is 0.308 e. The number of nitrogens with zero attached hydrogens (tertiary/aromatic N) is 3. The van der Waals surface area contributed by atoms with Crippen molar-refractivity contribution in [1.82, 2.24) is 20.3 Å². The summed E-state index contributed by atoms with van der Waals surface area (Å²) in [4.78, 5) is 24.2. The summed E-state index contributed by atoms with van der Waals surface area (Å²) in [6.07, 6.45) is 1.35. The maximum absolute atomic E-state index is 12.0. The summed E-state index contributed by atoms with van der Waals surface area (Å²) in [7, 11) is 0. The average molecular weight is 288 g/mol. The topological polar surface area (TPSA) is 97.1 Å². The van der Waals surface area contributed by atoms with Crippen LogP contribution in [0.4, 0.5) is 0 Å². The largest absolute Gasteiger partial charge is 0.481 e. The fraction of sp³-hybridized carbons (Fsp3) is 0.286. The van der Waals surface area contributed by atoms with E-state index in [-0.39, 0.29) is 5.69 Å². The van der Waals surface area contributed by atoms with Crippen molar-refractivity contribution in [1.29, 1.82) is 0 Å². The molecule has 0 aliphatic heterocycles. The first kappa shape index (κ1) is 14.7. The van der Waals surface area contributed by atoms with Gasteiger partial charge in [-0.15, -0.1) is 5.10 Å². The Bertz CT molecular complexity index is 639. The molecule has 1 heterocycles. The monoisotopic (exact) mass is 288 g/mol. The molecule has 0 aliphatic rings. The number of hydrogen-bond donors (Lipinski definition) is 2. The summed E-state index contributed by atoms with van der Waals surface area (Å²) in [6.45, 7) is 3.17. The van der Waals surface area contributed by atoms with E-state index in [1.165, 1.54) is 17.9 Å². The number of carboxylic acids is 1. The molecule has 2 atom stereocenters. The minimum atomic E-state index is -0.962. The van der Waals surface area contributed by atoms with Crippen molar-refractivity contribution >= 4 is 11.9 Å². The lowest BCUT2D eigenvalue weighted by atomic mass is 10.0. The number of hydrogen-bond acceptors (Lipinski definition) is 4. The quantitative estimate of drug-likeness (QED) is 0.859. The Morgan fingerprint density at radius 3 is 2.52 bits per heavy atom. The van der Waals surface area contributed by atoms with Crippen LogP contribution in [0.1, 0.15) is 24.3 Å². The maximum Gasteiger partial charge on any atom is 0.308 e. The second kappa shape index (κ2) is 6.17. The normalized spacial score (nSPS) is 13.4. The third kappa shape index (κ3) is 3.44. The summed E-state index contributed by atoms with van der Waals surface area (Å²) >= 11 is 0. The third-order valence-corrected chi connectivity index (χ3v) is 3.21. The van der Waals surface area contributed by atoms with Crippen molar-refractivity contribution < 1.29 is 14.7 Å². The third-order valence-electron chi connectivity index (χ3n) is 3.21. The fourth-order valence-corrected chi connectivity index (χ4v) is 1.67. The van der Waals surface area contributed by atoms with Gasteiger partial charge in [-0.2, -0.15) is 9.90 Å². The Balaban J connectivity index is 2.08. The van der Waals surface area contributed by atoms with Gasteiger partial charge in [0.05, 0.1) is 17.8 Å². The summed E-state index contributed by atoms with van der Waals surface area (Å²) in [5.74, 6) is -2.09. The van der Waals surface area contributed by atoms with Crippen molar-refractivity contribution in [3.05, 3.63) is 42.2 Å². The number of benzene rings is 1. The Morgan fingerprint density at radius 1 is 1.24 bits per heavy atom. The van der Waals surface area contributed by atoms with Gasteiger partial charge in [0.15, 0.2) is 5.69 Å². The lowest BCUT2D eigenvalue weighted by Gasteiger charge is -2.16. The molecule has 0 saturated carbocycles. The van der Waals surface area contributed by atoms with Crippen LogP contribution in [0, 0.1) is 5.92 Å². The lowest BCUT2D eigenvalue weighted by molar-refractivity contribution is -0.141. The predicted molar refractivity (Wildman–Crippen MR) is 75.1 cm³/mol. The SMILES string of the molecule is CC(NC(=O)c1cnn(-c2ccccc2)n1)C(C)C(=O)O. The molecule has 2 aromatic rings. The van der Waals surface area contributed by atoms with Crippen molar-refractivity contribution in [2.75, 3.05) is 0 Å². The lowest BCUT2D eigenvalue weighted by Crippen LogP contribution is -2.40. The van der Waals surface area contributed by atoms with E-state index in [4.69, 9.17) is 5.11 Å². The molecule has 1 aromatic heterocycles. The number of carbonyl (C=O) groups excluding carboxylic acids is 1. The van der Waals surface area contributed by atoms with Gasteiger partial charge in [0.1, 0.15) is 0 Å². The Kier molecular flexibility index (Phi) is 4.32. The average Bonchev–Trinajstić information content (AvgIpc) is 2.97. The predicted octanol–water partition coefficient (Wildman–Crippen LogP) is 1.11. The molecule has 1 aromatic carbocycles. The highest BCUT2D eigenvalue weighted by molar-refractivity contribution is 5.92. The molecular weight excluding hydrogens is 272 g/mol. The van der Waals surface area contributed by atoms with Gasteiger partial charge in [-0.3, -0.25) is 9.59 Å². The van der Waals surface area contributed by atoms with Gasteiger partial charge in [-0.1, -0.05) is 18.2 Å². The molecule has 7 heteroatoms. The van der Waals surface area contributed by atoms with Crippen LogP contribution in [0.3, 0.4) is 0 Å². The van der Waals surface area contributed by atoms with Gasteiger partial charge >= 0.3 is 5.97 Å². The van der Waals surface area contributed by atoms with Crippen molar-refractivity contribution in [3.63, 3.8) is 0 Å². The molecule has 2 N–H and O–H groups in total. The van der Waals surface area contributed by atoms with Crippen molar-refractivity contribution in [2.45, 2.75) is 19.9 Å².